The Morgan fingerprint density at radius 1 is 0.372 bits per heavy atom. The molecule has 3 heteroatoms. The average Bonchev–Trinajstić information content (AvgIpc) is 3.48. The lowest BCUT2D eigenvalue weighted by Gasteiger charge is -2.15. The largest absolute Gasteiger partial charge is 0.228 e. The van der Waals surface area contributed by atoms with Gasteiger partial charge in [-0.15, -0.1) is 11.3 Å². The number of hydrogen-bond donors (Lipinski definition) is 0. The Bertz CT molecular complexity index is 2440. The van der Waals surface area contributed by atoms with Crippen molar-refractivity contribution in [3.8, 4) is 45.0 Å². The molecule has 0 aliphatic rings. The molecule has 0 saturated carbocycles. The normalized spacial score (nSPS) is 11.7. The first-order chi connectivity index (χ1) is 21.3. The van der Waals surface area contributed by atoms with Gasteiger partial charge in [0, 0.05) is 36.9 Å². The molecule has 0 unspecified atom stereocenters. The van der Waals surface area contributed by atoms with Gasteiger partial charge in [0.1, 0.15) is 0 Å². The Morgan fingerprint density at radius 2 is 0.930 bits per heavy atom. The van der Waals surface area contributed by atoms with Crippen LogP contribution in [0, 0.1) is 0 Å². The van der Waals surface area contributed by atoms with E-state index in [2.05, 4.69) is 127 Å². The van der Waals surface area contributed by atoms with Crippen molar-refractivity contribution in [2.24, 2.45) is 0 Å². The van der Waals surface area contributed by atoms with Crippen molar-refractivity contribution in [1.29, 1.82) is 0 Å². The van der Waals surface area contributed by atoms with Crippen molar-refractivity contribution in [3.05, 3.63) is 146 Å². The minimum Gasteiger partial charge on any atom is -0.228 e. The summed E-state index contributed by atoms with van der Waals surface area (Å²) in [7, 11) is 0. The topological polar surface area (TPSA) is 25.8 Å². The fourth-order valence-corrected chi connectivity index (χ4v) is 7.68. The van der Waals surface area contributed by atoms with Crippen LogP contribution in [-0.2, 0) is 0 Å². The van der Waals surface area contributed by atoms with Crippen LogP contribution in [0.1, 0.15) is 0 Å². The van der Waals surface area contributed by atoms with E-state index in [4.69, 9.17) is 9.97 Å². The van der Waals surface area contributed by atoms with Crippen molar-refractivity contribution >= 4 is 53.1 Å². The summed E-state index contributed by atoms with van der Waals surface area (Å²) in [6.45, 7) is 0. The van der Waals surface area contributed by atoms with Crippen molar-refractivity contribution in [1.82, 2.24) is 9.97 Å². The molecule has 0 aliphatic carbocycles. The molecule has 7 aromatic carbocycles. The molecule has 43 heavy (non-hydrogen) atoms. The van der Waals surface area contributed by atoms with Crippen LogP contribution < -0.4 is 0 Å². The van der Waals surface area contributed by atoms with E-state index in [0.29, 0.717) is 0 Å². The van der Waals surface area contributed by atoms with Gasteiger partial charge in [-0.2, -0.15) is 0 Å². The predicted molar refractivity (Wildman–Crippen MR) is 183 cm³/mol. The fraction of sp³-hybridized carbons (Fsp3) is 0. The van der Waals surface area contributed by atoms with E-state index in [1.54, 1.807) is 0 Å². The van der Waals surface area contributed by atoms with Gasteiger partial charge in [0.2, 0.25) is 0 Å². The minimum atomic E-state index is 0.725. The van der Waals surface area contributed by atoms with E-state index in [-0.39, 0.29) is 0 Å². The van der Waals surface area contributed by atoms with Crippen molar-refractivity contribution in [3.63, 3.8) is 0 Å². The van der Waals surface area contributed by atoms with E-state index in [0.717, 1.165) is 33.9 Å². The maximum atomic E-state index is 5.24. The summed E-state index contributed by atoms with van der Waals surface area (Å²) in [5, 5.41) is 7.80. The summed E-state index contributed by atoms with van der Waals surface area (Å²) in [6.07, 6.45) is 0. The Kier molecular flexibility index (Phi) is 5.40. The van der Waals surface area contributed by atoms with Crippen LogP contribution in [0.2, 0.25) is 0 Å². The van der Waals surface area contributed by atoms with Crippen molar-refractivity contribution < 1.29 is 0 Å². The number of fused-ring (bicyclic) bond motifs is 3. The van der Waals surface area contributed by atoms with Gasteiger partial charge in [0.15, 0.2) is 5.82 Å². The van der Waals surface area contributed by atoms with E-state index in [1.165, 1.54) is 52.8 Å². The molecule has 0 radical (unpaired) electrons. The van der Waals surface area contributed by atoms with Gasteiger partial charge in [-0.1, -0.05) is 121 Å². The van der Waals surface area contributed by atoms with Crippen LogP contribution in [0.5, 0.6) is 0 Å². The fourth-order valence-electron chi connectivity index (χ4n) is 6.52. The molecular weight excluding hydrogens is 541 g/mol. The molecule has 0 amide bonds. The van der Waals surface area contributed by atoms with Gasteiger partial charge >= 0.3 is 0 Å². The molecular formula is C40H24N2S. The van der Waals surface area contributed by atoms with Crippen LogP contribution in [0.4, 0.5) is 0 Å². The van der Waals surface area contributed by atoms with Crippen LogP contribution in [-0.4, -0.2) is 9.97 Å². The molecule has 9 rings (SSSR count). The van der Waals surface area contributed by atoms with Crippen LogP contribution in [0.3, 0.4) is 0 Å². The monoisotopic (exact) mass is 564 g/mol. The molecule has 0 fully saturated rings. The highest BCUT2D eigenvalue weighted by Crippen LogP contribution is 2.47. The SMILES string of the molecule is c1ccc(-c2cccc(-c3cc(-c4cccc5c6cccc7sc8cccc(c45)c8c76)nc(-c4ccccc4)n3)c2)cc1. The Balaban J connectivity index is 1.34. The van der Waals surface area contributed by atoms with E-state index >= 15 is 0 Å². The number of hydrogen-bond acceptors (Lipinski definition) is 3. The lowest BCUT2D eigenvalue weighted by molar-refractivity contribution is 1.19. The zero-order valence-corrected chi connectivity index (χ0v) is 24.0. The van der Waals surface area contributed by atoms with Gasteiger partial charge in [-0.25, -0.2) is 9.97 Å². The van der Waals surface area contributed by atoms with Gasteiger partial charge in [-0.05, 0) is 56.9 Å². The lowest BCUT2D eigenvalue weighted by Crippen LogP contribution is -1.97. The molecule has 0 spiro atoms. The molecule has 0 saturated heterocycles. The summed E-state index contributed by atoms with van der Waals surface area (Å²) in [5.74, 6) is 0.725. The zero-order chi connectivity index (χ0) is 28.3. The highest BCUT2D eigenvalue weighted by Gasteiger charge is 2.19. The molecule has 200 valence electrons. The standard InChI is InChI=1S/C40H24N2S/c1-3-11-25(12-4-1)27-15-7-16-28(23-27)33-24-34(42-40(41-33)26-13-5-2-6-14-26)31-19-8-17-29-30-18-9-21-35-38(30)39-32(37(29)31)20-10-22-36(39)43-35/h1-24H. The maximum absolute atomic E-state index is 5.24. The van der Waals surface area contributed by atoms with E-state index < -0.39 is 0 Å². The lowest BCUT2D eigenvalue weighted by atomic mass is 9.90. The second-order valence-corrected chi connectivity index (χ2v) is 12.0. The Labute approximate surface area is 252 Å². The number of nitrogens with zero attached hydrogens (tertiary/aromatic N) is 2. The van der Waals surface area contributed by atoms with Gasteiger partial charge in [0.25, 0.3) is 0 Å². The van der Waals surface area contributed by atoms with E-state index in [1.807, 2.05) is 29.5 Å². The molecule has 9 aromatic rings. The predicted octanol–water partition coefficient (Wildman–Crippen LogP) is 11.3. The summed E-state index contributed by atoms with van der Waals surface area (Å²) >= 11 is 1.88. The van der Waals surface area contributed by atoms with Gasteiger partial charge in [0.05, 0.1) is 11.4 Å². The molecule has 0 atom stereocenters. The summed E-state index contributed by atoms with van der Waals surface area (Å²) in [4.78, 5) is 10.4. The molecule has 2 heterocycles. The Morgan fingerprint density at radius 3 is 1.70 bits per heavy atom. The molecule has 0 N–H and O–H groups in total. The number of aromatic nitrogens is 2. The third kappa shape index (κ3) is 3.86. The quantitative estimate of drug-likeness (QED) is 0.199. The van der Waals surface area contributed by atoms with Crippen LogP contribution in [0.25, 0.3) is 86.7 Å². The third-order valence-electron chi connectivity index (χ3n) is 8.45. The second kappa shape index (κ2) is 9.59. The first-order valence-electron chi connectivity index (χ1n) is 14.5. The van der Waals surface area contributed by atoms with Crippen LogP contribution in [0.15, 0.2) is 146 Å². The molecule has 0 bridgehead atoms. The summed E-state index contributed by atoms with van der Waals surface area (Å²) < 4.78 is 2.66. The summed E-state index contributed by atoms with van der Waals surface area (Å²) in [5.41, 5.74) is 7.38. The van der Waals surface area contributed by atoms with Gasteiger partial charge < -0.3 is 0 Å². The van der Waals surface area contributed by atoms with Crippen molar-refractivity contribution in [2.45, 2.75) is 0 Å². The first kappa shape index (κ1) is 24.2. The Hall–Kier alpha value is -5.38. The molecule has 2 aromatic heterocycles. The minimum absolute atomic E-state index is 0.725. The first-order valence-corrected chi connectivity index (χ1v) is 15.3. The van der Waals surface area contributed by atoms with Gasteiger partial charge in [-0.3, -0.25) is 0 Å². The highest BCUT2D eigenvalue weighted by atomic mass is 32.1. The molecule has 2 nitrogen and oxygen atoms in total. The van der Waals surface area contributed by atoms with E-state index in [9.17, 15) is 0 Å². The maximum Gasteiger partial charge on any atom is 0.160 e. The smallest absolute Gasteiger partial charge is 0.160 e. The summed E-state index contributed by atoms with van der Waals surface area (Å²) in [6, 6.07) is 51.7. The third-order valence-corrected chi connectivity index (χ3v) is 9.57. The highest BCUT2D eigenvalue weighted by molar-refractivity contribution is 7.26. The second-order valence-electron chi connectivity index (χ2n) is 11.0. The van der Waals surface area contributed by atoms with Crippen molar-refractivity contribution in [2.75, 3.05) is 0 Å². The zero-order valence-electron chi connectivity index (χ0n) is 23.2. The van der Waals surface area contributed by atoms with Crippen LogP contribution >= 0.6 is 11.3 Å². The number of thiophene rings is 1. The number of benzene rings is 7. The molecule has 0 aliphatic heterocycles. The average molecular weight is 565 g/mol. The number of rotatable bonds is 4.